The van der Waals surface area contributed by atoms with Crippen LogP contribution in [0.1, 0.15) is 24.0 Å². The topological polar surface area (TPSA) is 59.1 Å². The first-order valence-corrected chi connectivity index (χ1v) is 9.33. The first kappa shape index (κ1) is 18.9. The third kappa shape index (κ3) is 4.07. The average Bonchev–Trinajstić information content (AvgIpc) is 3.27. The van der Waals surface area contributed by atoms with Crippen LogP contribution in [0, 0.1) is 5.92 Å². The van der Waals surface area contributed by atoms with Crippen LogP contribution in [0.5, 0.6) is 0 Å². The molecule has 1 aromatic rings. The van der Waals surface area contributed by atoms with E-state index in [1.165, 1.54) is 17.5 Å². The predicted octanol–water partition coefficient (Wildman–Crippen LogP) is 1.65. The lowest BCUT2D eigenvalue weighted by molar-refractivity contribution is -0.137. The van der Waals surface area contributed by atoms with E-state index in [4.69, 9.17) is 9.47 Å². The Kier molecular flexibility index (Phi) is 6.27. The maximum atomic E-state index is 12.9. The van der Waals surface area contributed by atoms with Gasteiger partial charge in [-0.15, -0.1) is 0 Å². The second-order valence-corrected chi connectivity index (χ2v) is 7.02. The molecule has 0 N–H and O–H groups in total. The van der Waals surface area contributed by atoms with Crippen molar-refractivity contribution < 1.29 is 19.1 Å². The molecule has 6 nitrogen and oxygen atoms in total. The molecule has 0 radical (unpaired) electrons. The van der Waals surface area contributed by atoms with Gasteiger partial charge in [-0.25, -0.2) is 0 Å². The van der Waals surface area contributed by atoms with Crippen LogP contribution in [0.4, 0.5) is 5.69 Å². The molecule has 0 spiro atoms. The third-order valence-corrected chi connectivity index (χ3v) is 5.31. The van der Waals surface area contributed by atoms with E-state index < -0.39 is 0 Å². The Morgan fingerprint density at radius 3 is 2.54 bits per heavy atom. The summed E-state index contributed by atoms with van der Waals surface area (Å²) in [4.78, 5) is 29.0. The SMILES string of the molecule is COCCN(CCOC)C(=O)C1CC(=O)N(c2ccc3c(c2)CCC3)C1. The lowest BCUT2D eigenvalue weighted by atomic mass is 10.1. The zero-order chi connectivity index (χ0) is 18.5. The highest BCUT2D eigenvalue weighted by atomic mass is 16.5. The van der Waals surface area contributed by atoms with Crippen molar-refractivity contribution in [2.45, 2.75) is 25.7 Å². The summed E-state index contributed by atoms with van der Waals surface area (Å²) in [7, 11) is 3.24. The quantitative estimate of drug-likeness (QED) is 0.707. The van der Waals surface area contributed by atoms with Gasteiger partial charge in [0.2, 0.25) is 11.8 Å². The van der Waals surface area contributed by atoms with Crippen LogP contribution >= 0.6 is 0 Å². The van der Waals surface area contributed by atoms with Crippen molar-refractivity contribution in [1.29, 1.82) is 0 Å². The van der Waals surface area contributed by atoms with Crippen molar-refractivity contribution in [2.75, 3.05) is 52.0 Å². The molecule has 142 valence electrons. The fourth-order valence-corrected chi connectivity index (χ4v) is 3.84. The fraction of sp³-hybridized carbons (Fsp3) is 0.600. The van der Waals surface area contributed by atoms with Gasteiger partial charge in [-0.3, -0.25) is 9.59 Å². The molecule has 2 amide bonds. The van der Waals surface area contributed by atoms with Crippen LogP contribution in [-0.4, -0.2) is 63.8 Å². The second kappa shape index (κ2) is 8.64. The number of carbonyl (C=O) groups is 2. The number of carbonyl (C=O) groups excluding carboxylic acids is 2. The number of amides is 2. The van der Waals surface area contributed by atoms with E-state index in [2.05, 4.69) is 12.1 Å². The molecule has 0 saturated carbocycles. The molecule has 0 aromatic heterocycles. The fourth-order valence-electron chi connectivity index (χ4n) is 3.84. The Hall–Kier alpha value is -1.92. The van der Waals surface area contributed by atoms with Crippen molar-refractivity contribution in [1.82, 2.24) is 4.90 Å². The van der Waals surface area contributed by atoms with Gasteiger partial charge in [-0.1, -0.05) is 6.07 Å². The van der Waals surface area contributed by atoms with E-state index in [0.29, 0.717) is 32.8 Å². The Morgan fingerprint density at radius 1 is 1.15 bits per heavy atom. The number of hydrogen-bond acceptors (Lipinski definition) is 4. The summed E-state index contributed by atoms with van der Waals surface area (Å²) in [5, 5.41) is 0. The lowest BCUT2D eigenvalue weighted by Gasteiger charge is -2.25. The number of methoxy groups -OCH3 is 2. The zero-order valence-corrected chi connectivity index (χ0v) is 15.7. The molecule has 6 heteroatoms. The summed E-state index contributed by atoms with van der Waals surface area (Å²) in [6.45, 7) is 2.44. The normalized spacial score (nSPS) is 19.1. The first-order chi connectivity index (χ1) is 12.6. The monoisotopic (exact) mass is 360 g/mol. The van der Waals surface area contributed by atoms with Gasteiger partial charge >= 0.3 is 0 Å². The zero-order valence-electron chi connectivity index (χ0n) is 15.7. The molecule has 2 aliphatic rings. The van der Waals surface area contributed by atoms with E-state index in [0.717, 1.165) is 18.5 Å². The van der Waals surface area contributed by atoms with Gasteiger partial charge in [0.05, 0.1) is 19.1 Å². The number of anilines is 1. The minimum Gasteiger partial charge on any atom is -0.383 e. The highest BCUT2D eigenvalue weighted by Crippen LogP contribution is 2.31. The highest BCUT2D eigenvalue weighted by molar-refractivity contribution is 6.00. The molecule has 26 heavy (non-hydrogen) atoms. The maximum absolute atomic E-state index is 12.9. The van der Waals surface area contributed by atoms with Crippen molar-refractivity contribution in [3.63, 3.8) is 0 Å². The summed E-state index contributed by atoms with van der Waals surface area (Å²) < 4.78 is 10.2. The standard InChI is InChI=1S/C20H28N2O4/c1-25-10-8-21(9-11-26-2)20(24)17-13-19(23)22(14-17)18-7-6-15-4-3-5-16(15)12-18/h6-7,12,17H,3-5,8-11,13-14H2,1-2H3. The molecule has 3 rings (SSSR count). The van der Waals surface area contributed by atoms with E-state index in [1.807, 2.05) is 6.07 Å². The lowest BCUT2D eigenvalue weighted by Crippen LogP contribution is -2.41. The molecule has 1 aromatic carbocycles. The number of benzene rings is 1. The summed E-state index contributed by atoms with van der Waals surface area (Å²) in [6.07, 6.45) is 3.65. The highest BCUT2D eigenvalue weighted by Gasteiger charge is 2.37. The van der Waals surface area contributed by atoms with Crippen LogP contribution in [0.25, 0.3) is 0 Å². The van der Waals surface area contributed by atoms with Gasteiger partial charge in [-0.2, -0.15) is 0 Å². The number of aryl methyl sites for hydroxylation is 2. The minimum absolute atomic E-state index is 0.0103. The third-order valence-electron chi connectivity index (χ3n) is 5.31. The molecular weight excluding hydrogens is 332 g/mol. The molecule has 1 saturated heterocycles. The van der Waals surface area contributed by atoms with E-state index in [-0.39, 0.29) is 24.2 Å². The van der Waals surface area contributed by atoms with Gasteiger partial charge < -0.3 is 19.3 Å². The summed E-state index contributed by atoms with van der Waals surface area (Å²) in [6, 6.07) is 6.27. The molecule has 1 unspecified atom stereocenters. The van der Waals surface area contributed by atoms with Crippen molar-refractivity contribution in [3.05, 3.63) is 29.3 Å². The van der Waals surface area contributed by atoms with E-state index >= 15 is 0 Å². The van der Waals surface area contributed by atoms with Crippen LogP contribution in [-0.2, 0) is 31.9 Å². The average molecular weight is 360 g/mol. The number of fused-ring (bicyclic) bond motifs is 1. The molecular formula is C20H28N2O4. The van der Waals surface area contributed by atoms with Crippen molar-refractivity contribution in [3.8, 4) is 0 Å². The molecule has 1 atom stereocenters. The van der Waals surface area contributed by atoms with Crippen molar-refractivity contribution in [2.24, 2.45) is 5.92 Å². The predicted molar refractivity (Wildman–Crippen MR) is 99.3 cm³/mol. The Morgan fingerprint density at radius 2 is 1.85 bits per heavy atom. The molecule has 1 fully saturated rings. The first-order valence-electron chi connectivity index (χ1n) is 9.33. The number of ether oxygens (including phenoxy) is 2. The number of nitrogens with zero attached hydrogens (tertiary/aromatic N) is 2. The van der Waals surface area contributed by atoms with Crippen LogP contribution in [0.3, 0.4) is 0 Å². The maximum Gasteiger partial charge on any atom is 0.228 e. The summed E-state index contributed by atoms with van der Waals surface area (Å²) in [5.41, 5.74) is 3.65. The molecule has 1 heterocycles. The van der Waals surface area contributed by atoms with Gasteiger partial charge in [0.25, 0.3) is 0 Å². The smallest absolute Gasteiger partial charge is 0.228 e. The Labute approximate surface area is 155 Å². The van der Waals surface area contributed by atoms with Crippen LogP contribution < -0.4 is 4.90 Å². The Bertz CT molecular complexity index is 653. The summed E-state index contributed by atoms with van der Waals surface area (Å²) >= 11 is 0. The van der Waals surface area contributed by atoms with Gasteiger partial charge in [-0.05, 0) is 42.5 Å². The minimum atomic E-state index is -0.301. The van der Waals surface area contributed by atoms with Gasteiger partial charge in [0, 0.05) is 46.0 Å². The molecule has 0 bridgehead atoms. The van der Waals surface area contributed by atoms with Gasteiger partial charge in [0.1, 0.15) is 0 Å². The van der Waals surface area contributed by atoms with Crippen molar-refractivity contribution >= 4 is 17.5 Å². The number of rotatable bonds is 8. The largest absolute Gasteiger partial charge is 0.383 e. The van der Waals surface area contributed by atoms with E-state index in [9.17, 15) is 9.59 Å². The van der Waals surface area contributed by atoms with E-state index in [1.54, 1.807) is 24.0 Å². The van der Waals surface area contributed by atoms with Crippen LogP contribution in [0.15, 0.2) is 18.2 Å². The molecule has 1 aliphatic heterocycles. The molecule has 1 aliphatic carbocycles. The second-order valence-electron chi connectivity index (χ2n) is 7.02. The Balaban J connectivity index is 1.68. The number of hydrogen-bond donors (Lipinski definition) is 0. The van der Waals surface area contributed by atoms with Crippen LogP contribution in [0.2, 0.25) is 0 Å². The van der Waals surface area contributed by atoms with Gasteiger partial charge in [0.15, 0.2) is 0 Å². The summed E-state index contributed by atoms with van der Waals surface area (Å²) in [5.74, 6) is -0.264.